The van der Waals surface area contributed by atoms with E-state index < -0.39 is 11.9 Å². The Kier molecular flexibility index (Phi) is 5.01. The number of nitrogens with zero attached hydrogens (tertiary/aromatic N) is 1. The first-order chi connectivity index (χ1) is 7.15. The van der Waals surface area contributed by atoms with E-state index >= 15 is 0 Å². The summed E-state index contributed by atoms with van der Waals surface area (Å²) in [6.45, 7) is 1.13. The lowest BCUT2D eigenvalue weighted by Crippen LogP contribution is -2.49. The minimum atomic E-state index is -0.628. The van der Waals surface area contributed by atoms with E-state index in [-0.39, 0.29) is 6.61 Å². The van der Waals surface area contributed by atoms with Crippen LogP contribution in [0.15, 0.2) is 0 Å². The molecule has 1 unspecified atom stereocenters. The number of hydrogen-bond donors (Lipinski definition) is 3. The molecule has 0 bridgehead atoms. The summed E-state index contributed by atoms with van der Waals surface area (Å²) in [5.74, 6) is -0.476. The normalized spacial score (nSPS) is 19.7. The van der Waals surface area contributed by atoms with Crippen molar-refractivity contribution in [1.29, 1.82) is 0 Å². The van der Waals surface area contributed by atoms with Gasteiger partial charge in [0, 0.05) is 19.1 Å². The van der Waals surface area contributed by atoms with Crippen molar-refractivity contribution in [3.05, 3.63) is 0 Å². The second-order valence-corrected chi connectivity index (χ2v) is 4.17. The third-order valence-corrected chi connectivity index (χ3v) is 3.02. The van der Waals surface area contributed by atoms with E-state index in [2.05, 4.69) is 4.90 Å². The Balaban J connectivity index is 2.45. The van der Waals surface area contributed by atoms with Crippen molar-refractivity contribution in [1.82, 2.24) is 4.90 Å². The van der Waals surface area contributed by atoms with Gasteiger partial charge in [0.15, 0.2) is 0 Å². The van der Waals surface area contributed by atoms with Crippen molar-refractivity contribution in [2.45, 2.75) is 37.8 Å². The van der Waals surface area contributed by atoms with Crippen LogP contribution in [0.25, 0.3) is 0 Å². The average Bonchev–Trinajstić information content (AvgIpc) is 2.69. The molecule has 0 heterocycles. The van der Waals surface area contributed by atoms with Gasteiger partial charge in [-0.1, -0.05) is 12.8 Å². The van der Waals surface area contributed by atoms with Crippen LogP contribution in [0.1, 0.15) is 25.7 Å². The number of amides is 1. The molecule has 0 aromatic carbocycles. The number of hydrogen-bond acceptors (Lipinski definition) is 4. The topological polar surface area (TPSA) is 92.6 Å². The van der Waals surface area contributed by atoms with Crippen LogP contribution in [0.5, 0.6) is 0 Å². The molecule has 1 aliphatic rings. The summed E-state index contributed by atoms with van der Waals surface area (Å²) >= 11 is 0. The second-order valence-electron chi connectivity index (χ2n) is 4.17. The van der Waals surface area contributed by atoms with Crippen LogP contribution >= 0.6 is 0 Å². The monoisotopic (exact) mass is 215 g/mol. The highest BCUT2D eigenvalue weighted by molar-refractivity contribution is 5.79. The highest BCUT2D eigenvalue weighted by Crippen LogP contribution is 2.23. The Bertz CT molecular complexity index is 205. The molecule has 1 aliphatic carbocycles. The summed E-state index contributed by atoms with van der Waals surface area (Å²) in [6, 6.07) is -0.167. The van der Waals surface area contributed by atoms with Crippen LogP contribution < -0.4 is 11.5 Å². The van der Waals surface area contributed by atoms with Gasteiger partial charge in [-0.05, 0) is 12.8 Å². The molecule has 5 heteroatoms. The van der Waals surface area contributed by atoms with E-state index in [0.717, 1.165) is 12.8 Å². The van der Waals surface area contributed by atoms with E-state index in [0.29, 0.717) is 19.1 Å². The zero-order valence-electron chi connectivity index (χ0n) is 9.06. The third-order valence-electron chi connectivity index (χ3n) is 3.02. The minimum absolute atomic E-state index is 0.0992. The van der Waals surface area contributed by atoms with Gasteiger partial charge >= 0.3 is 0 Å². The first kappa shape index (κ1) is 12.4. The minimum Gasteiger partial charge on any atom is -0.395 e. The summed E-state index contributed by atoms with van der Waals surface area (Å²) in [5, 5.41) is 8.95. The van der Waals surface area contributed by atoms with Gasteiger partial charge in [-0.2, -0.15) is 0 Å². The van der Waals surface area contributed by atoms with Gasteiger partial charge in [0.25, 0.3) is 0 Å². The number of rotatable bonds is 6. The van der Waals surface area contributed by atoms with Crippen molar-refractivity contribution in [2.24, 2.45) is 11.5 Å². The molecule has 0 saturated heterocycles. The molecule has 0 spiro atoms. The van der Waals surface area contributed by atoms with Gasteiger partial charge < -0.3 is 16.6 Å². The fourth-order valence-corrected chi connectivity index (χ4v) is 2.16. The maximum atomic E-state index is 10.9. The Morgan fingerprint density at radius 3 is 2.53 bits per heavy atom. The molecule has 88 valence electrons. The maximum Gasteiger partial charge on any atom is 0.235 e. The third kappa shape index (κ3) is 3.77. The first-order valence-electron chi connectivity index (χ1n) is 5.55. The molecule has 0 radical (unpaired) electrons. The number of aliphatic hydroxyl groups excluding tert-OH is 1. The second kappa shape index (κ2) is 6.05. The lowest BCUT2D eigenvalue weighted by Gasteiger charge is -2.29. The molecule has 1 rings (SSSR count). The Hall–Kier alpha value is -0.650. The fraction of sp³-hybridized carbons (Fsp3) is 0.900. The largest absolute Gasteiger partial charge is 0.395 e. The SMILES string of the molecule is NC(=O)C(N)CN(CCO)C1CCCC1. The molecule has 1 atom stereocenters. The molecule has 1 amide bonds. The van der Waals surface area contributed by atoms with E-state index in [1.54, 1.807) is 0 Å². The van der Waals surface area contributed by atoms with E-state index in [1.807, 2.05) is 0 Å². The number of carbonyl (C=O) groups is 1. The van der Waals surface area contributed by atoms with Crippen LogP contribution in [0.3, 0.4) is 0 Å². The molecule has 0 aromatic heterocycles. The van der Waals surface area contributed by atoms with E-state index in [1.165, 1.54) is 12.8 Å². The summed E-state index contributed by atoms with van der Waals surface area (Å²) in [4.78, 5) is 12.9. The molecule has 15 heavy (non-hydrogen) atoms. The molecule has 5 N–H and O–H groups in total. The average molecular weight is 215 g/mol. The van der Waals surface area contributed by atoms with Gasteiger partial charge in [0.05, 0.1) is 12.6 Å². The zero-order chi connectivity index (χ0) is 11.3. The molecule has 5 nitrogen and oxygen atoms in total. The molecule has 1 fully saturated rings. The molecular weight excluding hydrogens is 194 g/mol. The quantitative estimate of drug-likeness (QED) is 0.532. The molecule has 0 aliphatic heterocycles. The predicted octanol–water partition coefficient (Wildman–Crippen LogP) is -0.964. The Labute approximate surface area is 90.4 Å². The predicted molar refractivity (Wildman–Crippen MR) is 58.1 cm³/mol. The van der Waals surface area contributed by atoms with Crippen LogP contribution in [0.4, 0.5) is 0 Å². The van der Waals surface area contributed by atoms with Crippen LogP contribution in [-0.4, -0.2) is 47.7 Å². The summed E-state index contributed by atoms with van der Waals surface area (Å²) in [5.41, 5.74) is 10.7. The highest BCUT2D eigenvalue weighted by Gasteiger charge is 2.24. The molecular formula is C10H21N3O2. The van der Waals surface area contributed by atoms with Gasteiger partial charge in [-0.15, -0.1) is 0 Å². The maximum absolute atomic E-state index is 10.9. The number of primary amides is 1. The van der Waals surface area contributed by atoms with Crippen LogP contribution in [0.2, 0.25) is 0 Å². The van der Waals surface area contributed by atoms with Gasteiger partial charge in [-0.3, -0.25) is 9.69 Å². The summed E-state index contributed by atoms with van der Waals surface area (Å²) < 4.78 is 0. The summed E-state index contributed by atoms with van der Waals surface area (Å²) in [6.07, 6.45) is 4.70. The number of aliphatic hydroxyl groups is 1. The highest BCUT2D eigenvalue weighted by atomic mass is 16.3. The van der Waals surface area contributed by atoms with Gasteiger partial charge in [0.2, 0.25) is 5.91 Å². The fourth-order valence-electron chi connectivity index (χ4n) is 2.16. The zero-order valence-corrected chi connectivity index (χ0v) is 9.06. The lowest BCUT2D eigenvalue weighted by atomic mass is 10.1. The van der Waals surface area contributed by atoms with Gasteiger partial charge in [-0.25, -0.2) is 0 Å². The summed E-state index contributed by atoms with van der Waals surface area (Å²) in [7, 11) is 0. The lowest BCUT2D eigenvalue weighted by molar-refractivity contribution is -0.119. The van der Waals surface area contributed by atoms with Crippen molar-refractivity contribution in [3.8, 4) is 0 Å². The molecule has 1 saturated carbocycles. The Morgan fingerprint density at radius 1 is 1.47 bits per heavy atom. The van der Waals surface area contributed by atoms with Crippen LogP contribution in [-0.2, 0) is 4.79 Å². The van der Waals surface area contributed by atoms with E-state index in [9.17, 15) is 4.79 Å². The van der Waals surface area contributed by atoms with Crippen molar-refractivity contribution in [2.75, 3.05) is 19.7 Å². The van der Waals surface area contributed by atoms with Gasteiger partial charge in [0.1, 0.15) is 0 Å². The molecule has 0 aromatic rings. The van der Waals surface area contributed by atoms with Crippen molar-refractivity contribution < 1.29 is 9.90 Å². The Morgan fingerprint density at radius 2 is 2.07 bits per heavy atom. The van der Waals surface area contributed by atoms with Crippen molar-refractivity contribution >= 4 is 5.91 Å². The van der Waals surface area contributed by atoms with E-state index in [4.69, 9.17) is 16.6 Å². The standard InChI is InChI=1S/C10H21N3O2/c11-9(10(12)15)7-13(5-6-14)8-3-1-2-4-8/h8-9,14H,1-7,11H2,(H2,12,15). The number of carbonyl (C=O) groups excluding carboxylic acids is 1. The first-order valence-corrected chi connectivity index (χ1v) is 5.55. The van der Waals surface area contributed by atoms with Crippen molar-refractivity contribution in [3.63, 3.8) is 0 Å². The number of nitrogens with two attached hydrogens (primary N) is 2. The smallest absolute Gasteiger partial charge is 0.235 e. The van der Waals surface area contributed by atoms with Crippen LogP contribution in [0, 0.1) is 0 Å².